The summed E-state index contributed by atoms with van der Waals surface area (Å²) in [5, 5.41) is 0.802. The Morgan fingerprint density at radius 2 is 1.69 bits per heavy atom. The summed E-state index contributed by atoms with van der Waals surface area (Å²) in [5.74, 6) is 0.385. The minimum Gasteiger partial charge on any atom is -0.0998 e. The summed E-state index contributed by atoms with van der Waals surface area (Å²) >= 11 is 5.98. The van der Waals surface area contributed by atoms with Gasteiger partial charge in [0, 0.05) is 10.9 Å². The van der Waals surface area contributed by atoms with Crippen LogP contribution in [0.3, 0.4) is 0 Å². The number of allylic oxidation sites excluding steroid dienone is 4. The number of halogens is 1. The van der Waals surface area contributed by atoms with E-state index in [4.69, 9.17) is 11.6 Å². The van der Waals surface area contributed by atoms with Gasteiger partial charge < -0.3 is 0 Å². The first-order valence-corrected chi connectivity index (χ1v) is 12.4. The summed E-state index contributed by atoms with van der Waals surface area (Å²) in [4.78, 5) is 0. The van der Waals surface area contributed by atoms with Crippen molar-refractivity contribution in [2.24, 2.45) is 0 Å². The molecule has 0 fully saturated rings. The standard InChI is InChI=1S/C16H21Cl.C13H18.C2H6/c1-5-7-8-14(6-2)13(4)16-10-9-15(17)11-12(16)3;1-5-13-7-6-12(8-10(2)3)9-11(13)4;1-2/h6,8-11,13H,2,5,7H2,1,3-4H3;6-7,9H,2,5,8H2,1,3-4H3;1-2H3/b14-8+;;. The van der Waals surface area contributed by atoms with Crippen LogP contribution in [0, 0.1) is 13.8 Å². The molecule has 1 heteroatoms. The second kappa shape index (κ2) is 16.6. The van der Waals surface area contributed by atoms with Crippen molar-refractivity contribution in [3.05, 3.63) is 106 Å². The zero-order chi connectivity index (χ0) is 24.7. The van der Waals surface area contributed by atoms with E-state index in [0.717, 1.165) is 24.3 Å². The van der Waals surface area contributed by atoms with Gasteiger partial charge in [-0.1, -0.05) is 108 Å². The molecule has 1 atom stereocenters. The lowest BCUT2D eigenvalue weighted by molar-refractivity contribution is 0.878. The molecule has 0 aromatic heterocycles. The predicted molar refractivity (Wildman–Crippen MR) is 148 cm³/mol. The Morgan fingerprint density at radius 3 is 2.16 bits per heavy atom. The lowest BCUT2D eigenvalue weighted by atomic mass is 9.89. The molecule has 0 amide bonds. The molecule has 2 aromatic rings. The smallest absolute Gasteiger partial charge is 0.0408 e. The third-order valence-electron chi connectivity index (χ3n) is 5.40. The molecule has 32 heavy (non-hydrogen) atoms. The summed E-state index contributed by atoms with van der Waals surface area (Å²) in [5.41, 5.74) is 9.33. The van der Waals surface area contributed by atoms with Gasteiger partial charge in [0.2, 0.25) is 0 Å². The number of benzene rings is 2. The van der Waals surface area contributed by atoms with Gasteiger partial charge in [-0.15, -0.1) is 0 Å². The van der Waals surface area contributed by atoms with Gasteiger partial charge in [0.1, 0.15) is 0 Å². The van der Waals surface area contributed by atoms with Crippen LogP contribution in [-0.4, -0.2) is 0 Å². The lowest BCUT2D eigenvalue weighted by Crippen LogP contribution is -1.99. The Labute approximate surface area is 204 Å². The molecule has 176 valence electrons. The quantitative estimate of drug-likeness (QED) is 0.276. The SMILES string of the molecule is C=C(C)Cc1ccc(CC)c(C)c1.C=C/C(=C\CCC)C(C)c1ccc(Cl)cc1C.CC. The van der Waals surface area contributed by atoms with Crippen LogP contribution in [0.2, 0.25) is 5.02 Å². The molecule has 0 nitrogen and oxygen atoms in total. The minimum absolute atomic E-state index is 0.385. The summed E-state index contributed by atoms with van der Waals surface area (Å²) in [6.45, 7) is 24.8. The van der Waals surface area contributed by atoms with Crippen molar-refractivity contribution in [1.82, 2.24) is 0 Å². The number of unbranched alkanes of at least 4 members (excludes halogenated alkanes) is 1. The molecule has 0 saturated carbocycles. The van der Waals surface area contributed by atoms with Crippen molar-refractivity contribution >= 4 is 11.6 Å². The molecule has 0 N–H and O–H groups in total. The number of hydrogen-bond acceptors (Lipinski definition) is 0. The Balaban J connectivity index is 0.000000574. The first-order chi connectivity index (χ1) is 15.2. The molecular weight excluding hydrogens is 408 g/mol. The topological polar surface area (TPSA) is 0 Å². The van der Waals surface area contributed by atoms with Gasteiger partial charge in [0.05, 0.1) is 0 Å². The van der Waals surface area contributed by atoms with Crippen molar-refractivity contribution in [1.29, 1.82) is 0 Å². The van der Waals surface area contributed by atoms with Crippen molar-refractivity contribution in [3.63, 3.8) is 0 Å². The Kier molecular flexibility index (Phi) is 15.5. The van der Waals surface area contributed by atoms with Gasteiger partial charge in [-0.25, -0.2) is 0 Å². The van der Waals surface area contributed by atoms with Crippen LogP contribution in [0.1, 0.15) is 88.1 Å². The zero-order valence-electron chi connectivity index (χ0n) is 21.8. The van der Waals surface area contributed by atoms with E-state index < -0.39 is 0 Å². The molecule has 0 radical (unpaired) electrons. The van der Waals surface area contributed by atoms with Crippen LogP contribution in [0.15, 0.2) is 72.9 Å². The monoisotopic (exact) mass is 452 g/mol. The fourth-order valence-corrected chi connectivity index (χ4v) is 3.89. The van der Waals surface area contributed by atoms with Gasteiger partial charge in [0.25, 0.3) is 0 Å². The highest BCUT2D eigenvalue weighted by atomic mass is 35.5. The van der Waals surface area contributed by atoms with Crippen LogP contribution < -0.4 is 0 Å². The van der Waals surface area contributed by atoms with Crippen molar-refractivity contribution in [2.45, 2.75) is 87.0 Å². The van der Waals surface area contributed by atoms with Crippen LogP contribution in [-0.2, 0) is 12.8 Å². The fourth-order valence-electron chi connectivity index (χ4n) is 3.67. The Bertz CT molecular complexity index is 870. The molecule has 2 aromatic carbocycles. The summed E-state index contributed by atoms with van der Waals surface area (Å²) < 4.78 is 0. The number of aryl methyl sites for hydroxylation is 3. The molecular formula is C31H45Cl. The largest absolute Gasteiger partial charge is 0.0998 e. The van der Waals surface area contributed by atoms with Gasteiger partial charge in [-0.3, -0.25) is 0 Å². The van der Waals surface area contributed by atoms with E-state index in [0.29, 0.717) is 5.92 Å². The van der Waals surface area contributed by atoms with Crippen molar-refractivity contribution < 1.29 is 0 Å². The molecule has 2 rings (SSSR count). The highest BCUT2D eigenvalue weighted by Gasteiger charge is 2.11. The van der Waals surface area contributed by atoms with Crippen LogP contribution in [0.4, 0.5) is 0 Å². The third-order valence-corrected chi connectivity index (χ3v) is 5.63. The highest BCUT2D eigenvalue weighted by molar-refractivity contribution is 6.30. The lowest BCUT2D eigenvalue weighted by Gasteiger charge is -2.16. The third kappa shape index (κ3) is 10.5. The van der Waals surface area contributed by atoms with E-state index >= 15 is 0 Å². The summed E-state index contributed by atoms with van der Waals surface area (Å²) in [7, 11) is 0. The van der Waals surface area contributed by atoms with E-state index in [1.54, 1.807) is 0 Å². The summed E-state index contributed by atoms with van der Waals surface area (Å²) in [6.07, 6.45) is 8.66. The van der Waals surface area contributed by atoms with E-state index in [-0.39, 0.29) is 0 Å². The van der Waals surface area contributed by atoms with Gasteiger partial charge in [0.15, 0.2) is 0 Å². The second-order valence-electron chi connectivity index (χ2n) is 8.17. The maximum absolute atomic E-state index is 5.98. The van der Waals surface area contributed by atoms with Crippen LogP contribution in [0.25, 0.3) is 0 Å². The molecule has 0 bridgehead atoms. The average molecular weight is 453 g/mol. The van der Waals surface area contributed by atoms with Crippen LogP contribution in [0.5, 0.6) is 0 Å². The number of rotatable bonds is 8. The van der Waals surface area contributed by atoms with Gasteiger partial charge in [-0.2, -0.15) is 0 Å². The Hall–Kier alpha value is -2.05. The highest BCUT2D eigenvalue weighted by Crippen LogP contribution is 2.29. The van der Waals surface area contributed by atoms with Crippen molar-refractivity contribution in [2.75, 3.05) is 0 Å². The van der Waals surface area contributed by atoms with Crippen LogP contribution >= 0.6 is 11.6 Å². The molecule has 0 aliphatic rings. The Morgan fingerprint density at radius 1 is 1.03 bits per heavy atom. The average Bonchev–Trinajstić information content (AvgIpc) is 2.76. The van der Waals surface area contributed by atoms with E-state index in [1.165, 1.54) is 45.4 Å². The molecule has 1 unspecified atom stereocenters. The van der Waals surface area contributed by atoms with Gasteiger partial charge >= 0.3 is 0 Å². The number of hydrogen-bond donors (Lipinski definition) is 0. The van der Waals surface area contributed by atoms with E-state index in [2.05, 4.69) is 85.0 Å². The predicted octanol–water partition coefficient (Wildman–Crippen LogP) is 10.4. The zero-order valence-corrected chi connectivity index (χ0v) is 22.6. The van der Waals surface area contributed by atoms with Crippen molar-refractivity contribution in [3.8, 4) is 0 Å². The molecule has 0 spiro atoms. The maximum atomic E-state index is 5.98. The van der Waals surface area contributed by atoms with E-state index in [1.807, 2.05) is 32.1 Å². The minimum atomic E-state index is 0.385. The maximum Gasteiger partial charge on any atom is 0.0408 e. The molecule has 0 aliphatic carbocycles. The molecule has 0 aliphatic heterocycles. The van der Waals surface area contributed by atoms with E-state index in [9.17, 15) is 0 Å². The molecule has 0 saturated heterocycles. The molecule has 0 heterocycles. The van der Waals surface area contributed by atoms with Gasteiger partial charge in [-0.05, 0) is 85.6 Å². The normalized spacial score (nSPS) is 11.5. The second-order valence-corrected chi connectivity index (χ2v) is 8.60. The summed E-state index contributed by atoms with van der Waals surface area (Å²) in [6, 6.07) is 12.8. The fraction of sp³-hybridized carbons (Fsp3) is 0.419. The first-order valence-electron chi connectivity index (χ1n) is 12.0. The first kappa shape index (κ1) is 30.0.